The van der Waals surface area contributed by atoms with Crippen LogP contribution < -0.4 is 25.8 Å². The van der Waals surface area contributed by atoms with Crippen LogP contribution in [0.1, 0.15) is 60.4 Å². The minimum Gasteiger partial charge on any atom is -0.472 e. The Balaban J connectivity index is 1.50. The highest BCUT2D eigenvalue weighted by atomic mass is 32.2. The Morgan fingerprint density at radius 1 is 1.15 bits per heavy atom. The van der Waals surface area contributed by atoms with Gasteiger partial charge in [0.05, 0.1) is 36.6 Å². The van der Waals surface area contributed by atoms with Crippen molar-refractivity contribution < 1.29 is 18.5 Å². The quantitative estimate of drug-likeness (QED) is 0.184. The van der Waals surface area contributed by atoms with E-state index in [-0.39, 0.29) is 30.4 Å². The standard InChI is InChI=1S/C34H41N7O4S/c1-6-26-20-41(46(43)30-9-8-14-37-33(30)45-26)19-24-15-23(11-10-21(24)3)28(27-12-13-29(36-7-2)32(35)22(27)4)16-31(42)40-25-17-38-34(44-5)39-18-25/h8-15,17-18,26,28,36H,6-7,16,19-20,35H2,1-5H3,(H,40,42)/t26-,28?,46?/m1/s1. The number of hydrogen-bond acceptors (Lipinski definition) is 9. The van der Waals surface area contributed by atoms with E-state index in [1.165, 1.54) is 19.5 Å². The Bertz CT molecular complexity index is 1720. The molecule has 11 nitrogen and oxygen atoms in total. The fraction of sp³-hybridized carbons (Fsp3) is 0.353. The lowest BCUT2D eigenvalue weighted by Crippen LogP contribution is -2.33. The molecule has 4 N–H and O–H groups in total. The number of hydrogen-bond donors (Lipinski definition) is 3. The van der Waals surface area contributed by atoms with E-state index in [4.69, 9.17) is 15.2 Å². The average Bonchev–Trinajstić information content (AvgIpc) is 3.19. The lowest BCUT2D eigenvalue weighted by atomic mass is 9.83. The summed E-state index contributed by atoms with van der Waals surface area (Å²) in [5.41, 5.74) is 13.5. The Morgan fingerprint density at radius 2 is 1.93 bits per heavy atom. The molecule has 0 spiro atoms. The molecule has 0 aliphatic carbocycles. The number of aromatic nitrogens is 3. The first kappa shape index (κ1) is 32.8. The topological polar surface area (TPSA) is 145 Å². The molecule has 12 heteroatoms. The predicted octanol–water partition coefficient (Wildman–Crippen LogP) is 5.37. The number of rotatable bonds is 11. The second kappa shape index (κ2) is 14.7. The van der Waals surface area contributed by atoms with Crippen LogP contribution >= 0.6 is 0 Å². The van der Waals surface area contributed by atoms with Gasteiger partial charge in [0.2, 0.25) is 11.8 Å². The highest BCUT2D eigenvalue weighted by Crippen LogP contribution is 2.37. The van der Waals surface area contributed by atoms with Crippen molar-refractivity contribution in [2.24, 2.45) is 0 Å². The van der Waals surface area contributed by atoms with E-state index in [2.05, 4.69) is 50.7 Å². The fourth-order valence-electron chi connectivity index (χ4n) is 5.59. The average molecular weight is 644 g/mol. The number of anilines is 3. The zero-order chi connectivity index (χ0) is 32.8. The molecule has 1 aliphatic heterocycles. The van der Waals surface area contributed by atoms with E-state index >= 15 is 0 Å². The number of amides is 1. The molecule has 5 rings (SSSR count). The molecule has 1 amide bonds. The van der Waals surface area contributed by atoms with Crippen molar-refractivity contribution in [2.45, 2.75) is 64.0 Å². The monoisotopic (exact) mass is 643 g/mol. The lowest BCUT2D eigenvalue weighted by molar-refractivity contribution is -0.116. The maximum Gasteiger partial charge on any atom is 0.316 e. The summed E-state index contributed by atoms with van der Waals surface area (Å²) in [7, 11) is 0.0230. The van der Waals surface area contributed by atoms with Crippen LogP contribution in [-0.2, 0) is 22.3 Å². The second-order valence-electron chi connectivity index (χ2n) is 11.2. The van der Waals surface area contributed by atoms with E-state index in [9.17, 15) is 9.00 Å². The van der Waals surface area contributed by atoms with Crippen LogP contribution in [0.3, 0.4) is 0 Å². The van der Waals surface area contributed by atoms with Gasteiger partial charge in [0.15, 0.2) is 0 Å². The first-order chi connectivity index (χ1) is 22.2. The van der Waals surface area contributed by atoms with Crippen LogP contribution in [0.25, 0.3) is 0 Å². The highest BCUT2D eigenvalue weighted by molar-refractivity contribution is 7.82. The van der Waals surface area contributed by atoms with Gasteiger partial charge in [-0.1, -0.05) is 31.2 Å². The minimum atomic E-state index is -1.46. The van der Waals surface area contributed by atoms with Crippen LogP contribution in [0.15, 0.2) is 66.0 Å². The van der Waals surface area contributed by atoms with Gasteiger partial charge in [-0.05, 0) is 73.2 Å². The zero-order valence-electron chi connectivity index (χ0n) is 26.9. The van der Waals surface area contributed by atoms with Gasteiger partial charge >= 0.3 is 6.01 Å². The second-order valence-corrected chi connectivity index (χ2v) is 12.7. The third-order valence-electron chi connectivity index (χ3n) is 8.21. The molecule has 0 bridgehead atoms. The van der Waals surface area contributed by atoms with Gasteiger partial charge in [-0.2, -0.15) is 0 Å². The number of ether oxygens (including phenoxy) is 2. The van der Waals surface area contributed by atoms with Crippen LogP contribution in [0.4, 0.5) is 17.1 Å². The van der Waals surface area contributed by atoms with Gasteiger partial charge in [-0.15, -0.1) is 0 Å². The molecule has 2 unspecified atom stereocenters. The zero-order valence-corrected chi connectivity index (χ0v) is 27.7. The van der Waals surface area contributed by atoms with Crippen LogP contribution in [-0.4, -0.2) is 55.7 Å². The molecule has 1 aliphatic rings. The van der Waals surface area contributed by atoms with E-state index in [0.29, 0.717) is 35.2 Å². The van der Waals surface area contributed by atoms with E-state index in [1.807, 2.05) is 37.2 Å². The molecule has 0 radical (unpaired) electrons. The largest absolute Gasteiger partial charge is 0.472 e. The number of methoxy groups -OCH3 is 1. The summed E-state index contributed by atoms with van der Waals surface area (Å²) in [6.45, 7) is 9.76. The maximum absolute atomic E-state index is 13.8. The fourth-order valence-corrected chi connectivity index (χ4v) is 6.87. The van der Waals surface area contributed by atoms with E-state index in [0.717, 1.165) is 46.5 Å². The minimum absolute atomic E-state index is 0.149. The van der Waals surface area contributed by atoms with Crippen molar-refractivity contribution in [1.29, 1.82) is 0 Å². The molecule has 46 heavy (non-hydrogen) atoms. The van der Waals surface area contributed by atoms with Gasteiger partial charge in [0, 0.05) is 38.2 Å². The van der Waals surface area contributed by atoms with Crippen LogP contribution in [0.2, 0.25) is 0 Å². The van der Waals surface area contributed by atoms with Crippen molar-refractivity contribution in [2.75, 3.05) is 36.6 Å². The summed E-state index contributed by atoms with van der Waals surface area (Å²) in [6.07, 6.45) is 5.43. The number of nitrogens with zero attached hydrogens (tertiary/aromatic N) is 4. The molecule has 3 heterocycles. The smallest absolute Gasteiger partial charge is 0.316 e. The molecule has 2 aromatic carbocycles. The number of carbonyl (C=O) groups is 1. The molecule has 3 atom stereocenters. The highest BCUT2D eigenvalue weighted by Gasteiger charge is 2.30. The number of carbonyl (C=O) groups excluding carboxylic acids is 1. The first-order valence-corrected chi connectivity index (χ1v) is 16.5. The van der Waals surface area contributed by atoms with Gasteiger partial charge in [-0.25, -0.2) is 23.5 Å². The Kier molecular flexibility index (Phi) is 10.5. The molecular weight excluding hydrogens is 602 g/mol. The van der Waals surface area contributed by atoms with Crippen molar-refractivity contribution in [1.82, 2.24) is 19.3 Å². The number of pyridine rings is 1. The number of benzene rings is 2. The third-order valence-corrected chi connectivity index (χ3v) is 9.64. The number of nitrogens with one attached hydrogen (secondary N) is 2. The lowest BCUT2D eigenvalue weighted by Gasteiger charge is -2.25. The molecule has 0 fully saturated rings. The first-order valence-electron chi connectivity index (χ1n) is 15.4. The SMILES string of the molecule is CCNc1ccc(C(CC(=O)Nc2cnc(OC)nc2)c2ccc(C)c(CN3C[C@@H](CC)Oc4ncccc4S3=O)c2)c(C)c1N. The van der Waals surface area contributed by atoms with Crippen molar-refractivity contribution in [3.8, 4) is 11.9 Å². The van der Waals surface area contributed by atoms with Crippen molar-refractivity contribution >= 4 is 34.0 Å². The molecule has 2 aromatic heterocycles. The van der Waals surface area contributed by atoms with Crippen molar-refractivity contribution in [3.63, 3.8) is 0 Å². The van der Waals surface area contributed by atoms with Gasteiger partial charge in [0.1, 0.15) is 22.0 Å². The third kappa shape index (κ3) is 7.29. The molecular formula is C34H41N7O4S. The number of nitrogens with two attached hydrogens (primary N) is 1. The van der Waals surface area contributed by atoms with Gasteiger partial charge in [0.25, 0.3) is 0 Å². The van der Waals surface area contributed by atoms with E-state index < -0.39 is 11.0 Å². The Morgan fingerprint density at radius 3 is 2.65 bits per heavy atom. The number of aryl methyl sites for hydroxylation is 1. The molecule has 242 valence electrons. The maximum atomic E-state index is 13.8. The summed E-state index contributed by atoms with van der Waals surface area (Å²) in [5, 5.41) is 6.24. The van der Waals surface area contributed by atoms with E-state index in [1.54, 1.807) is 18.3 Å². The summed E-state index contributed by atoms with van der Waals surface area (Å²) in [6, 6.07) is 14.0. The Labute approximate surface area is 272 Å². The summed E-state index contributed by atoms with van der Waals surface area (Å²) in [4.78, 5) is 26.6. The normalized spacial score (nSPS) is 16.9. The number of fused-ring (bicyclic) bond motifs is 1. The molecule has 0 saturated heterocycles. The van der Waals surface area contributed by atoms with Gasteiger partial charge < -0.3 is 25.8 Å². The Hall–Kier alpha value is -4.55. The van der Waals surface area contributed by atoms with Crippen molar-refractivity contribution in [3.05, 3.63) is 88.9 Å². The summed E-state index contributed by atoms with van der Waals surface area (Å²) in [5.74, 6) is -0.0962. The molecule has 0 saturated carbocycles. The number of nitrogen functional groups attached to an aromatic ring is 1. The van der Waals surface area contributed by atoms with Crippen LogP contribution in [0, 0.1) is 13.8 Å². The summed E-state index contributed by atoms with van der Waals surface area (Å²) < 4.78 is 26.9. The molecule has 4 aromatic rings. The van der Waals surface area contributed by atoms with Gasteiger partial charge in [-0.3, -0.25) is 4.79 Å². The van der Waals surface area contributed by atoms with Crippen LogP contribution in [0.5, 0.6) is 11.9 Å². The predicted molar refractivity (Wildman–Crippen MR) is 180 cm³/mol. The summed E-state index contributed by atoms with van der Waals surface area (Å²) >= 11 is 0.